The van der Waals surface area contributed by atoms with Crippen molar-refractivity contribution in [3.8, 4) is 6.07 Å². The Morgan fingerprint density at radius 3 is 2.91 bits per heavy atom. The molecule has 2 atom stereocenters. The van der Waals surface area contributed by atoms with E-state index in [1.54, 1.807) is 11.8 Å². The van der Waals surface area contributed by atoms with Crippen LogP contribution in [0.2, 0.25) is 0 Å². The molecule has 1 N–H and O–H groups in total. The van der Waals surface area contributed by atoms with Gasteiger partial charge in [-0.25, -0.2) is 0 Å². The van der Waals surface area contributed by atoms with E-state index in [4.69, 9.17) is 10.4 Å². The lowest BCUT2D eigenvalue weighted by atomic mass is 9.93. The lowest BCUT2D eigenvalue weighted by molar-refractivity contribution is -0.142. The zero-order valence-corrected chi connectivity index (χ0v) is 6.80. The number of nitrogens with zero attached hydrogens (tertiary/aromatic N) is 1. The molecule has 0 unspecified atom stereocenters. The second-order valence-electron chi connectivity index (χ2n) is 2.54. The molecule has 11 heavy (non-hydrogen) atoms. The molecule has 1 aliphatic rings. The molecule has 3 nitrogen and oxygen atoms in total. The predicted molar refractivity (Wildman–Crippen MR) is 42.2 cm³/mol. The normalized spacial score (nSPS) is 30.8. The van der Waals surface area contributed by atoms with E-state index >= 15 is 0 Å². The highest BCUT2D eigenvalue weighted by Crippen LogP contribution is 2.27. The fourth-order valence-corrected chi connectivity index (χ4v) is 2.35. The largest absolute Gasteiger partial charge is 0.481 e. The summed E-state index contributed by atoms with van der Waals surface area (Å²) >= 11 is 1.62. The topological polar surface area (TPSA) is 61.1 Å². The Bertz CT molecular complexity index is 199. The first-order valence-corrected chi connectivity index (χ1v) is 4.61. The summed E-state index contributed by atoms with van der Waals surface area (Å²) in [6.07, 6.45) is 0.720. The van der Waals surface area contributed by atoms with Crippen molar-refractivity contribution >= 4 is 17.7 Å². The minimum Gasteiger partial charge on any atom is -0.481 e. The number of carboxylic acid groups (broad SMARTS) is 1. The molecule has 1 heterocycles. The Balaban J connectivity index is 2.60. The second-order valence-corrected chi connectivity index (χ2v) is 3.69. The molecule has 60 valence electrons. The zero-order valence-electron chi connectivity index (χ0n) is 5.99. The van der Waals surface area contributed by atoms with Gasteiger partial charge in [0.15, 0.2) is 0 Å². The van der Waals surface area contributed by atoms with Gasteiger partial charge in [0.25, 0.3) is 0 Å². The number of hydrogen-bond donors (Lipinski definition) is 1. The monoisotopic (exact) mass is 171 g/mol. The maximum absolute atomic E-state index is 10.6. The first-order chi connectivity index (χ1) is 5.25. The number of carboxylic acids is 1. The van der Waals surface area contributed by atoms with Gasteiger partial charge in [-0.05, 0) is 12.2 Å². The molecule has 0 radical (unpaired) electrons. The maximum atomic E-state index is 10.6. The Morgan fingerprint density at radius 2 is 2.45 bits per heavy atom. The van der Waals surface area contributed by atoms with Crippen molar-refractivity contribution in [1.82, 2.24) is 0 Å². The van der Waals surface area contributed by atoms with E-state index in [2.05, 4.69) is 0 Å². The Labute approximate surface area is 69.4 Å². The Morgan fingerprint density at radius 1 is 1.73 bits per heavy atom. The number of nitriles is 1. The van der Waals surface area contributed by atoms with Crippen molar-refractivity contribution in [2.45, 2.75) is 6.42 Å². The van der Waals surface area contributed by atoms with Crippen LogP contribution in [0.25, 0.3) is 0 Å². The van der Waals surface area contributed by atoms with Gasteiger partial charge in [-0.2, -0.15) is 17.0 Å². The van der Waals surface area contributed by atoms with E-state index < -0.39 is 11.9 Å². The Hall–Kier alpha value is -0.690. The van der Waals surface area contributed by atoms with Gasteiger partial charge in [-0.1, -0.05) is 0 Å². The van der Waals surface area contributed by atoms with Gasteiger partial charge in [0.2, 0.25) is 0 Å². The smallest absolute Gasteiger partial charge is 0.308 e. The third-order valence-electron chi connectivity index (χ3n) is 1.84. The molecule has 0 aliphatic carbocycles. The number of carbonyl (C=O) groups is 1. The minimum absolute atomic E-state index is 0.270. The van der Waals surface area contributed by atoms with Gasteiger partial charge >= 0.3 is 5.97 Å². The average Bonchev–Trinajstić information content (AvgIpc) is 2.04. The van der Waals surface area contributed by atoms with Crippen molar-refractivity contribution in [3.63, 3.8) is 0 Å². The van der Waals surface area contributed by atoms with E-state index in [-0.39, 0.29) is 5.92 Å². The first-order valence-electron chi connectivity index (χ1n) is 3.46. The fraction of sp³-hybridized carbons (Fsp3) is 0.714. The van der Waals surface area contributed by atoms with Crippen LogP contribution in [0, 0.1) is 23.2 Å². The summed E-state index contributed by atoms with van der Waals surface area (Å²) in [4.78, 5) is 10.6. The number of aliphatic carboxylic acids is 1. The van der Waals surface area contributed by atoms with Gasteiger partial charge < -0.3 is 5.11 Å². The van der Waals surface area contributed by atoms with E-state index in [0.29, 0.717) is 5.75 Å². The van der Waals surface area contributed by atoms with Crippen LogP contribution in [0.3, 0.4) is 0 Å². The highest BCUT2D eigenvalue weighted by molar-refractivity contribution is 7.99. The molecule has 1 rings (SSSR count). The van der Waals surface area contributed by atoms with Crippen LogP contribution in [-0.4, -0.2) is 22.6 Å². The molecule has 1 saturated heterocycles. The average molecular weight is 171 g/mol. The molecule has 0 bridgehead atoms. The lowest BCUT2D eigenvalue weighted by Crippen LogP contribution is -2.28. The van der Waals surface area contributed by atoms with E-state index in [1.165, 1.54) is 0 Å². The summed E-state index contributed by atoms with van der Waals surface area (Å²) in [6.45, 7) is 0. The SMILES string of the molecule is N#C[C@@H]1CCSC[C@H]1C(=O)O. The predicted octanol–water partition coefficient (Wildman–Crippen LogP) is 0.964. The van der Waals surface area contributed by atoms with E-state index in [0.717, 1.165) is 12.2 Å². The van der Waals surface area contributed by atoms with Crippen LogP contribution in [0.5, 0.6) is 0 Å². The van der Waals surface area contributed by atoms with E-state index in [9.17, 15) is 4.79 Å². The van der Waals surface area contributed by atoms with Crippen molar-refractivity contribution in [2.75, 3.05) is 11.5 Å². The first kappa shape index (κ1) is 8.41. The summed E-state index contributed by atoms with van der Waals surface area (Å²) in [5.41, 5.74) is 0. The summed E-state index contributed by atoms with van der Waals surface area (Å²) in [5.74, 6) is -0.0356. The zero-order chi connectivity index (χ0) is 8.27. The van der Waals surface area contributed by atoms with Crippen LogP contribution < -0.4 is 0 Å². The van der Waals surface area contributed by atoms with Crippen molar-refractivity contribution < 1.29 is 9.90 Å². The fourth-order valence-electron chi connectivity index (χ4n) is 1.14. The molecule has 1 aliphatic heterocycles. The molecule has 0 aromatic rings. The summed E-state index contributed by atoms with van der Waals surface area (Å²) in [5, 5.41) is 17.3. The number of hydrogen-bond acceptors (Lipinski definition) is 3. The molecule has 0 spiro atoms. The van der Waals surface area contributed by atoms with Gasteiger partial charge in [0, 0.05) is 5.75 Å². The highest BCUT2D eigenvalue weighted by Gasteiger charge is 2.30. The number of rotatable bonds is 1. The van der Waals surface area contributed by atoms with Crippen LogP contribution in [0.4, 0.5) is 0 Å². The molecule has 0 aromatic heterocycles. The quantitative estimate of drug-likeness (QED) is 0.638. The molecule has 0 amide bonds. The molecule has 1 fully saturated rings. The second kappa shape index (κ2) is 3.63. The van der Waals surface area contributed by atoms with Gasteiger partial charge in [0.05, 0.1) is 17.9 Å². The van der Waals surface area contributed by atoms with Gasteiger partial charge in [0.1, 0.15) is 0 Å². The molecule has 0 aromatic carbocycles. The Kier molecular flexibility index (Phi) is 2.77. The van der Waals surface area contributed by atoms with Crippen LogP contribution in [-0.2, 0) is 4.79 Å². The standard InChI is InChI=1S/C7H9NO2S/c8-3-5-1-2-11-4-6(5)7(9)10/h5-6H,1-2,4H2,(H,9,10)/t5-,6+/m0/s1. The highest BCUT2D eigenvalue weighted by atomic mass is 32.2. The van der Waals surface area contributed by atoms with Crippen molar-refractivity contribution in [2.24, 2.45) is 11.8 Å². The third kappa shape index (κ3) is 1.87. The molecular formula is C7H9NO2S. The third-order valence-corrected chi connectivity index (χ3v) is 2.96. The van der Waals surface area contributed by atoms with Crippen molar-refractivity contribution in [1.29, 1.82) is 5.26 Å². The van der Waals surface area contributed by atoms with Crippen LogP contribution >= 0.6 is 11.8 Å². The van der Waals surface area contributed by atoms with Gasteiger partial charge in [-0.3, -0.25) is 4.79 Å². The summed E-state index contributed by atoms with van der Waals surface area (Å²) < 4.78 is 0. The van der Waals surface area contributed by atoms with Crippen molar-refractivity contribution in [3.05, 3.63) is 0 Å². The summed E-state index contributed by atoms with van der Waals surface area (Å²) in [6, 6.07) is 2.04. The van der Waals surface area contributed by atoms with Gasteiger partial charge in [-0.15, -0.1) is 0 Å². The maximum Gasteiger partial charge on any atom is 0.308 e. The van der Waals surface area contributed by atoms with Crippen LogP contribution in [0.1, 0.15) is 6.42 Å². The lowest BCUT2D eigenvalue weighted by Gasteiger charge is -2.22. The minimum atomic E-state index is -0.830. The summed E-state index contributed by atoms with van der Waals surface area (Å²) in [7, 11) is 0. The van der Waals surface area contributed by atoms with Crippen LogP contribution in [0.15, 0.2) is 0 Å². The molecule has 4 heteroatoms. The number of thioether (sulfide) groups is 1. The molecular weight excluding hydrogens is 162 g/mol. The molecule has 0 saturated carbocycles. The van der Waals surface area contributed by atoms with E-state index in [1.807, 2.05) is 6.07 Å².